The molecular formula is C9H5BrF3NO. The molecule has 6 heteroatoms. The van der Waals surface area contributed by atoms with Gasteiger partial charge in [-0.2, -0.15) is 18.4 Å². The third-order valence-corrected chi connectivity index (χ3v) is 2.58. The zero-order valence-corrected chi connectivity index (χ0v) is 8.85. The van der Waals surface area contributed by atoms with Crippen LogP contribution in [0.15, 0.2) is 16.6 Å². The van der Waals surface area contributed by atoms with Crippen molar-refractivity contribution in [3.8, 4) is 11.8 Å². The lowest BCUT2D eigenvalue weighted by molar-refractivity contribution is -0.138. The van der Waals surface area contributed by atoms with Crippen LogP contribution < -0.4 is 0 Å². The molecule has 0 bridgehead atoms. The van der Waals surface area contributed by atoms with Crippen LogP contribution in [0.4, 0.5) is 13.2 Å². The first-order valence-corrected chi connectivity index (χ1v) is 4.61. The van der Waals surface area contributed by atoms with Crippen LogP contribution in [0.1, 0.15) is 11.1 Å². The number of alkyl halides is 3. The van der Waals surface area contributed by atoms with Crippen LogP contribution >= 0.6 is 15.9 Å². The molecule has 0 heterocycles. The lowest BCUT2D eigenvalue weighted by atomic mass is 10.1. The number of halogens is 4. The van der Waals surface area contributed by atoms with E-state index in [9.17, 15) is 18.3 Å². The Morgan fingerprint density at radius 2 is 2.00 bits per heavy atom. The molecule has 0 aliphatic rings. The average Bonchev–Trinajstić information content (AvgIpc) is 2.11. The van der Waals surface area contributed by atoms with Gasteiger partial charge in [0.25, 0.3) is 0 Å². The molecule has 0 fully saturated rings. The second kappa shape index (κ2) is 4.11. The first-order valence-electron chi connectivity index (χ1n) is 3.82. The van der Waals surface area contributed by atoms with Crippen LogP contribution in [0, 0.1) is 11.3 Å². The second-order valence-corrected chi connectivity index (χ2v) is 3.56. The average molecular weight is 280 g/mol. The number of hydrogen-bond acceptors (Lipinski definition) is 2. The van der Waals surface area contributed by atoms with Crippen LogP contribution in [0.25, 0.3) is 0 Å². The van der Waals surface area contributed by atoms with E-state index in [4.69, 9.17) is 5.26 Å². The van der Waals surface area contributed by atoms with E-state index in [1.165, 1.54) is 0 Å². The lowest BCUT2D eigenvalue weighted by Gasteiger charge is -2.11. The molecular weight excluding hydrogens is 275 g/mol. The fourth-order valence-corrected chi connectivity index (χ4v) is 1.66. The molecule has 1 N–H and O–H groups in total. The second-order valence-electron chi connectivity index (χ2n) is 2.77. The Kier molecular flexibility index (Phi) is 3.25. The minimum atomic E-state index is -4.53. The number of nitriles is 1. The van der Waals surface area contributed by atoms with Crippen molar-refractivity contribution in [2.24, 2.45) is 0 Å². The summed E-state index contributed by atoms with van der Waals surface area (Å²) in [4.78, 5) is 0. The number of phenols is 1. The Labute approximate surface area is 92.1 Å². The molecule has 0 aliphatic heterocycles. The molecule has 0 saturated heterocycles. The summed E-state index contributed by atoms with van der Waals surface area (Å²) >= 11 is 2.66. The van der Waals surface area contributed by atoms with Crippen LogP contribution in [0.5, 0.6) is 5.75 Å². The van der Waals surface area contributed by atoms with E-state index in [0.717, 1.165) is 12.1 Å². The summed E-state index contributed by atoms with van der Waals surface area (Å²) in [7, 11) is 0. The van der Waals surface area contributed by atoms with Gasteiger partial charge in [-0.05, 0) is 22.0 Å². The highest BCUT2D eigenvalue weighted by Crippen LogP contribution is 2.40. The molecule has 80 valence electrons. The van der Waals surface area contributed by atoms with Gasteiger partial charge < -0.3 is 5.11 Å². The van der Waals surface area contributed by atoms with Crippen molar-refractivity contribution in [2.45, 2.75) is 12.6 Å². The van der Waals surface area contributed by atoms with Gasteiger partial charge in [-0.3, -0.25) is 0 Å². The number of phenolic OH excluding ortho intramolecular Hbond substituents is 1. The van der Waals surface area contributed by atoms with Gasteiger partial charge in [-0.25, -0.2) is 0 Å². The topological polar surface area (TPSA) is 44.0 Å². The summed E-state index contributed by atoms with van der Waals surface area (Å²) in [6.45, 7) is 0. The third-order valence-electron chi connectivity index (χ3n) is 1.77. The predicted molar refractivity (Wildman–Crippen MR) is 50.1 cm³/mol. The zero-order valence-electron chi connectivity index (χ0n) is 7.27. The van der Waals surface area contributed by atoms with Gasteiger partial charge in [0.1, 0.15) is 5.75 Å². The quantitative estimate of drug-likeness (QED) is 0.858. The smallest absolute Gasteiger partial charge is 0.417 e. The molecule has 2 nitrogen and oxygen atoms in total. The summed E-state index contributed by atoms with van der Waals surface area (Å²) in [6.07, 6.45) is -4.66. The number of benzene rings is 1. The zero-order chi connectivity index (χ0) is 11.6. The number of nitrogens with zero attached hydrogens (tertiary/aromatic N) is 1. The first-order chi connectivity index (χ1) is 6.88. The van der Waals surface area contributed by atoms with Crippen molar-refractivity contribution < 1.29 is 18.3 Å². The Morgan fingerprint density at radius 3 is 2.47 bits per heavy atom. The van der Waals surface area contributed by atoms with E-state index >= 15 is 0 Å². The van der Waals surface area contributed by atoms with E-state index in [0.29, 0.717) is 0 Å². The molecule has 0 saturated carbocycles. The van der Waals surface area contributed by atoms with Crippen LogP contribution in [-0.2, 0) is 12.6 Å². The van der Waals surface area contributed by atoms with Crippen molar-refractivity contribution in [1.82, 2.24) is 0 Å². The Balaban J connectivity index is 3.29. The highest BCUT2D eigenvalue weighted by atomic mass is 79.9. The molecule has 1 rings (SSSR count). The normalized spacial score (nSPS) is 11.1. The van der Waals surface area contributed by atoms with Crippen molar-refractivity contribution in [3.63, 3.8) is 0 Å². The van der Waals surface area contributed by atoms with Gasteiger partial charge in [0.15, 0.2) is 0 Å². The molecule has 1 aromatic rings. The summed E-state index contributed by atoms with van der Waals surface area (Å²) in [5, 5.41) is 17.7. The van der Waals surface area contributed by atoms with Gasteiger partial charge in [0.05, 0.1) is 22.5 Å². The van der Waals surface area contributed by atoms with Crippen molar-refractivity contribution in [2.75, 3.05) is 0 Å². The molecule has 0 aliphatic carbocycles. The Morgan fingerprint density at radius 1 is 1.40 bits per heavy atom. The van der Waals surface area contributed by atoms with Crippen LogP contribution in [0.2, 0.25) is 0 Å². The van der Waals surface area contributed by atoms with Crippen LogP contribution in [0.3, 0.4) is 0 Å². The van der Waals surface area contributed by atoms with Crippen LogP contribution in [-0.4, -0.2) is 5.11 Å². The maximum atomic E-state index is 12.3. The highest BCUT2D eigenvalue weighted by Gasteiger charge is 2.34. The SMILES string of the molecule is N#CCc1ccc(C(F)(F)F)c(Br)c1O. The standard InChI is InChI=1S/C9H5BrF3NO/c10-7-6(9(11,12)13)2-1-5(3-4-14)8(7)15/h1-2,15H,3H2. The summed E-state index contributed by atoms with van der Waals surface area (Å²) in [6, 6.07) is 3.67. The maximum absolute atomic E-state index is 12.3. The number of hydrogen-bond donors (Lipinski definition) is 1. The van der Waals surface area contributed by atoms with Gasteiger partial charge in [-0.15, -0.1) is 0 Å². The van der Waals surface area contributed by atoms with Crippen molar-refractivity contribution >= 4 is 15.9 Å². The van der Waals surface area contributed by atoms with E-state index in [1.54, 1.807) is 6.07 Å². The number of aromatic hydroxyl groups is 1. The summed E-state index contributed by atoms with van der Waals surface area (Å²) in [5.41, 5.74) is -0.793. The van der Waals surface area contributed by atoms with Gasteiger partial charge >= 0.3 is 6.18 Å². The van der Waals surface area contributed by atoms with Crippen molar-refractivity contribution in [1.29, 1.82) is 5.26 Å². The molecule has 0 unspecified atom stereocenters. The molecule has 0 aromatic heterocycles. The third kappa shape index (κ3) is 2.42. The van der Waals surface area contributed by atoms with E-state index in [1.807, 2.05) is 0 Å². The van der Waals surface area contributed by atoms with Gasteiger partial charge in [0.2, 0.25) is 0 Å². The van der Waals surface area contributed by atoms with E-state index in [-0.39, 0.29) is 12.0 Å². The Hall–Kier alpha value is -1.22. The lowest BCUT2D eigenvalue weighted by Crippen LogP contribution is -2.06. The first kappa shape index (κ1) is 11.9. The molecule has 15 heavy (non-hydrogen) atoms. The fraction of sp³-hybridized carbons (Fsp3) is 0.222. The van der Waals surface area contributed by atoms with E-state index in [2.05, 4.69) is 15.9 Å². The molecule has 0 atom stereocenters. The van der Waals surface area contributed by atoms with Gasteiger partial charge in [-0.1, -0.05) is 6.07 Å². The maximum Gasteiger partial charge on any atom is 0.417 e. The monoisotopic (exact) mass is 279 g/mol. The Bertz CT molecular complexity index is 423. The molecule has 0 spiro atoms. The van der Waals surface area contributed by atoms with Gasteiger partial charge in [0, 0.05) is 5.56 Å². The highest BCUT2D eigenvalue weighted by molar-refractivity contribution is 9.10. The van der Waals surface area contributed by atoms with Crippen molar-refractivity contribution in [3.05, 3.63) is 27.7 Å². The molecule has 0 amide bonds. The minimum Gasteiger partial charge on any atom is -0.506 e. The molecule has 1 aromatic carbocycles. The minimum absolute atomic E-state index is 0.136. The predicted octanol–water partition coefficient (Wildman–Crippen LogP) is 3.24. The summed E-state index contributed by atoms with van der Waals surface area (Å²) < 4.78 is 36.6. The largest absolute Gasteiger partial charge is 0.506 e. The number of rotatable bonds is 1. The van der Waals surface area contributed by atoms with E-state index < -0.39 is 22.0 Å². The molecule has 0 radical (unpaired) electrons. The summed E-state index contributed by atoms with van der Waals surface area (Å²) in [5.74, 6) is -0.536. The fourth-order valence-electron chi connectivity index (χ4n) is 1.05.